The maximum Gasteiger partial charge on any atom is 0.198 e. The topological polar surface area (TPSA) is 37.3 Å². The molecule has 0 fully saturated rings. The van der Waals surface area contributed by atoms with Gasteiger partial charge in [-0.1, -0.05) is 94.5 Å². The molecule has 0 heterocycles. The van der Waals surface area contributed by atoms with Crippen molar-refractivity contribution < 1.29 is 9.90 Å². The number of hydrogen-bond donors (Lipinski definition) is 1. The zero-order chi connectivity index (χ0) is 20.2. The number of halogens is 1. The van der Waals surface area contributed by atoms with Crippen LogP contribution in [0, 0.1) is 0 Å². The Morgan fingerprint density at radius 3 is 2.07 bits per heavy atom. The molecule has 0 amide bonds. The zero-order valence-electron chi connectivity index (χ0n) is 17.1. The van der Waals surface area contributed by atoms with Crippen molar-refractivity contribution in [2.45, 2.75) is 77.6 Å². The van der Waals surface area contributed by atoms with Crippen molar-refractivity contribution in [3.63, 3.8) is 0 Å². The van der Waals surface area contributed by atoms with E-state index >= 15 is 0 Å². The average Bonchev–Trinajstić information content (AvgIpc) is 2.70. The number of carbonyl (C=O) groups is 1. The van der Waals surface area contributed by atoms with Crippen molar-refractivity contribution in [2.75, 3.05) is 0 Å². The van der Waals surface area contributed by atoms with Crippen LogP contribution in [0.2, 0.25) is 5.02 Å². The van der Waals surface area contributed by atoms with Crippen molar-refractivity contribution in [1.29, 1.82) is 0 Å². The molecule has 2 aromatic rings. The Labute approximate surface area is 174 Å². The lowest BCUT2D eigenvalue weighted by atomic mass is 9.97. The Balaban J connectivity index is 1.77. The first-order valence-electron chi connectivity index (χ1n) is 10.7. The van der Waals surface area contributed by atoms with Crippen LogP contribution in [-0.2, 0) is 6.42 Å². The van der Waals surface area contributed by atoms with Crippen LogP contribution in [0.5, 0.6) is 5.75 Å². The van der Waals surface area contributed by atoms with Crippen molar-refractivity contribution in [1.82, 2.24) is 0 Å². The predicted molar refractivity (Wildman–Crippen MR) is 119 cm³/mol. The van der Waals surface area contributed by atoms with Gasteiger partial charge in [-0.25, -0.2) is 0 Å². The highest BCUT2D eigenvalue weighted by atomic mass is 35.5. The summed E-state index contributed by atoms with van der Waals surface area (Å²) in [5, 5.41) is 10.5. The Hall–Kier alpha value is -1.80. The van der Waals surface area contributed by atoms with E-state index in [1.807, 2.05) is 12.1 Å². The van der Waals surface area contributed by atoms with E-state index in [1.54, 1.807) is 30.3 Å². The number of carbonyl (C=O) groups excluding carboxylic acids is 1. The molecule has 0 saturated heterocycles. The summed E-state index contributed by atoms with van der Waals surface area (Å²) < 4.78 is 0. The quantitative estimate of drug-likeness (QED) is 0.275. The predicted octanol–water partition coefficient (Wildman–Crippen LogP) is 7.74. The molecular weight excluding hydrogens is 368 g/mol. The fourth-order valence-electron chi connectivity index (χ4n) is 3.53. The fourth-order valence-corrected chi connectivity index (χ4v) is 3.75. The molecule has 0 atom stereocenters. The normalized spacial score (nSPS) is 10.9. The standard InChI is InChI=1S/C25H33ClO2/c1-2-3-4-5-6-7-8-9-10-11-14-20-17-18-24(27)22(19-20)25(28)21-15-12-13-16-23(21)26/h12-13,15-19,27H,2-11,14H2,1H3. The molecule has 2 rings (SSSR count). The van der Waals surface area contributed by atoms with Gasteiger partial charge in [0.05, 0.1) is 10.6 Å². The Kier molecular flexibility index (Phi) is 10.1. The molecule has 2 aromatic carbocycles. The third-order valence-corrected chi connectivity index (χ3v) is 5.57. The number of hydrogen-bond acceptors (Lipinski definition) is 2. The maximum atomic E-state index is 12.7. The summed E-state index contributed by atoms with van der Waals surface area (Å²) in [4.78, 5) is 12.7. The number of ketones is 1. The number of benzene rings is 2. The van der Waals surface area contributed by atoms with Crippen LogP contribution in [0.4, 0.5) is 0 Å². The van der Waals surface area contributed by atoms with Crippen molar-refractivity contribution in [2.24, 2.45) is 0 Å². The first-order chi connectivity index (χ1) is 13.6. The molecule has 0 radical (unpaired) electrons. The van der Waals surface area contributed by atoms with Crippen LogP contribution >= 0.6 is 11.6 Å². The SMILES string of the molecule is CCCCCCCCCCCCc1ccc(O)c(C(=O)c2ccccc2Cl)c1. The minimum absolute atomic E-state index is 0.0109. The van der Waals surface area contributed by atoms with E-state index in [0.29, 0.717) is 16.1 Å². The van der Waals surface area contributed by atoms with Gasteiger partial charge in [-0.05, 0) is 42.7 Å². The molecule has 1 N–H and O–H groups in total. The fraction of sp³-hybridized carbons (Fsp3) is 0.480. The van der Waals surface area contributed by atoms with Crippen LogP contribution < -0.4 is 0 Å². The van der Waals surface area contributed by atoms with Gasteiger partial charge < -0.3 is 5.11 Å². The number of phenolic OH excluding ortho intramolecular Hbond substituents is 1. The lowest BCUT2D eigenvalue weighted by molar-refractivity contribution is 0.103. The van der Waals surface area contributed by atoms with Gasteiger partial charge in [-0.2, -0.15) is 0 Å². The summed E-state index contributed by atoms with van der Waals surface area (Å²) in [5.41, 5.74) is 1.85. The molecule has 2 nitrogen and oxygen atoms in total. The van der Waals surface area contributed by atoms with E-state index in [9.17, 15) is 9.90 Å². The Morgan fingerprint density at radius 1 is 0.821 bits per heavy atom. The minimum Gasteiger partial charge on any atom is -0.507 e. The second-order valence-electron chi connectivity index (χ2n) is 7.59. The van der Waals surface area contributed by atoms with Gasteiger partial charge in [-0.15, -0.1) is 0 Å². The van der Waals surface area contributed by atoms with Gasteiger partial charge in [0.15, 0.2) is 5.78 Å². The van der Waals surface area contributed by atoms with Crippen molar-refractivity contribution in [3.05, 3.63) is 64.2 Å². The monoisotopic (exact) mass is 400 g/mol. The van der Waals surface area contributed by atoms with Crippen LogP contribution in [-0.4, -0.2) is 10.9 Å². The average molecular weight is 401 g/mol. The third-order valence-electron chi connectivity index (χ3n) is 5.24. The van der Waals surface area contributed by atoms with Crippen LogP contribution in [0.1, 0.15) is 92.6 Å². The van der Waals surface area contributed by atoms with E-state index in [4.69, 9.17) is 11.6 Å². The summed E-state index contributed by atoms with van der Waals surface area (Å²) in [6.07, 6.45) is 14.0. The maximum absolute atomic E-state index is 12.7. The molecule has 0 saturated carbocycles. The molecular formula is C25H33ClO2. The molecule has 28 heavy (non-hydrogen) atoms. The molecule has 0 aliphatic heterocycles. The molecule has 0 aromatic heterocycles. The summed E-state index contributed by atoms with van der Waals surface area (Å²) in [6, 6.07) is 12.3. The summed E-state index contributed by atoms with van der Waals surface area (Å²) in [7, 11) is 0. The summed E-state index contributed by atoms with van der Waals surface area (Å²) in [5.74, 6) is -0.218. The van der Waals surface area contributed by atoms with E-state index in [1.165, 1.54) is 57.8 Å². The van der Waals surface area contributed by atoms with Crippen LogP contribution in [0.15, 0.2) is 42.5 Å². The van der Waals surface area contributed by atoms with E-state index < -0.39 is 0 Å². The molecule has 0 aliphatic rings. The van der Waals surface area contributed by atoms with Gasteiger partial charge >= 0.3 is 0 Å². The first-order valence-corrected chi connectivity index (χ1v) is 11.1. The van der Waals surface area contributed by atoms with E-state index in [2.05, 4.69) is 6.92 Å². The molecule has 0 aliphatic carbocycles. The van der Waals surface area contributed by atoms with Gasteiger partial charge in [0, 0.05) is 5.56 Å². The highest BCUT2D eigenvalue weighted by Gasteiger charge is 2.16. The largest absolute Gasteiger partial charge is 0.507 e. The van der Waals surface area contributed by atoms with Crippen LogP contribution in [0.25, 0.3) is 0 Å². The van der Waals surface area contributed by atoms with Crippen molar-refractivity contribution >= 4 is 17.4 Å². The highest BCUT2D eigenvalue weighted by Crippen LogP contribution is 2.26. The van der Waals surface area contributed by atoms with Gasteiger partial charge in [-0.3, -0.25) is 4.79 Å². The summed E-state index contributed by atoms with van der Waals surface area (Å²) in [6.45, 7) is 2.25. The molecule has 0 bridgehead atoms. The number of aromatic hydroxyl groups is 1. The summed E-state index contributed by atoms with van der Waals surface area (Å²) >= 11 is 6.14. The molecule has 3 heteroatoms. The van der Waals surface area contributed by atoms with E-state index in [0.717, 1.165) is 18.4 Å². The zero-order valence-corrected chi connectivity index (χ0v) is 17.8. The minimum atomic E-state index is -0.229. The van der Waals surface area contributed by atoms with E-state index in [-0.39, 0.29) is 11.5 Å². The lowest BCUT2D eigenvalue weighted by Crippen LogP contribution is -2.03. The van der Waals surface area contributed by atoms with Gasteiger partial charge in [0.1, 0.15) is 5.75 Å². The van der Waals surface area contributed by atoms with Gasteiger partial charge in [0.25, 0.3) is 0 Å². The van der Waals surface area contributed by atoms with Crippen molar-refractivity contribution in [3.8, 4) is 5.75 Å². The Morgan fingerprint density at radius 2 is 1.43 bits per heavy atom. The second-order valence-corrected chi connectivity index (χ2v) is 8.00. The highest BCUT2D eigenvalue weighted by molar-refractivity contribution is 6.35. The number of phenols is 1. The smallest absolute Gasteiger partial charge is 0.198 e. The number of aryl methyl sites for hydroxylation is 1. The Bertz CT molecular complexity index is 739. The molecule has 0 unspecified atom stereocenters. The number of rotatable bonds is 13. The number of unbranched alkanes of at least 4 members (excludes halogenated alkanes) is 9. The van der Waals surface area contributed by atoms with Gasteiger partial charge in [0.2, 0.25) is 0 Å². The van der Waals surface area contributed by atoms with Crippen LogP contribution in [0.3, 0.4) is 0 Å². The first kappa shape index (κ1) is 22.5. The third kappa shape index (κ3) is 7.31. The lowest BCUT2D eigenvalue weighted by Gasteiger charge is -2.09. The molecule has 0 spiro atoms. The second kappa shape index (κ2) is 12.6. The molecule has 152 valence electrons.